The molecule has 114 valence electrons. The third kappa shape index (κ3) is 2.83. The second-order valence-electron chi connectivity index (χ2n) is 5.61. The molecular formula is C16H22N2O2S. The molecule has 0 aliphatic rings. The summed E-state index contributed by atoms with van der Waals surface area (Å²) >= 11 is 1.42. The molecule has 0 fully saturated rings. The molecule has 21 heavy (non-hydrogen) atoms. The van der Waals surface area contributed by atoms with Crippen LogP contribution in [0.2, 0.25) is 0 Å². The number of benzene rings is 1. The summed E-state index contributed by atoms with van der Waals surface area (Å²) in [5.41, 5.74) is 6.73. The molecule has 1 amide bonds. The first kappa shape index (κ1) is 15.6. The van der Waals surface area contributed by atoms with E-state index in [0.717, 1.165) is 15.8 Å². The van der Waals surface area contributed by atoms with Gasteiger partial charge in [0, 0.05) is 23.2 Å². The van der Waals surface area contributed by atoms with Crippen molar-refractivity contribution in [2.24, 2.45) is 5.92 Å². The second-order valence-corrected chi connectivity index (χ2v) is 6.66. The Morgan fingerprint density at radius 3 is 2.57 bits per heavy atom. The predicted octanol–water partition coefficient (Wildman–Crippen LogP) is 3.61. The van der Waals surface area contributed by atoms with E-state index < -0.39 is 0 Å². The van der Waals surface area contributed by atoms with Crippen LogP contribution in [0.5, 0.6) is 5.75 Å². The Morgan fingerprint density at radius 2 is 2.00 bits per heavy atom. The molecule has 1 atom stereocenters. The fourth-order valence-corrected chi connectivity index (χ4v) is 3.31. The molecule has 1 heterocycles. The van der Waals surface area contributed by atoms with Gasteiger partial charge in [0.2, 0.25) is 0 Å². The van der Waals surface area contributed by atoms with E-state index in [2.05, 4.69) is 20.8 Å². The molecule has 5 heteroatoms. The molecule has 2 aromatic rings. The van der Waals surface area contributed by atoms with E-state index in [1.54, 1.807) is 12.0 Å². The number of methoxy groups -OCH3 is 1. The monoisotopic (exact) mass is 306 g/mol. The molecule has 0 bridgehead atoms. The van der Waals surface area contributed by atoms with Crippen LogP contribution < -0.4 is 10.5 Å². The van der Waals surface area contributed by atoms with Crippen LogP contribution in [0.15, 0.2) is 18.2 Å². The van der Waals surface area contributed by atoms with E-state index in [9.17, 15) is 4.79 Å². The number of hydrogen-bond acceptors (Lipinski definition) is 4. The van der Waals surface area contributed by atoms with Crippen molar-refractivity contribution in [1.29, 1.82) is 0 Å². The average molecular weight is 306 g/mol. The Bertz CT molecular complexity index is 664. The maximum atomic E-state index is 12.7. The lowest BCUT2D eigenvalue weighted by Crippen LogP contribution is -2.38. The number of nitrogens with two attached hydrogens (primary N) is 1. The summed E-state index contributed by atoms with van der Waals surface area (Å²) in [7, 11) is 3.46. The van der Waals surface area contributed by atoms with Crippen molar-refractivity contribution >= 4 is 33.0 Å². The summed E-state index contributed by atoms with van der Waals surface area (Å²) in [4.78, 5) is 15.0. The Kier molecular flexibility index (Phi) is 4.42. The van der Waals surface area contributed by atoms with E-state index >= 15 is 0 Å². The first-order valence-electron chi connectivity index (χ1n) is 7.00. The molecule has 2 rings (SSSR count). The van der Waals surface area contributed by atoms with Crippen molar-refractivity contribution in [2.45, 2.75) is 26.8 Å². The third-order valence-electron chi connectivity index (χ3n) is 4.03. The lowest BCUT2D eigenvalue weighted by atomic mass is 10.1. The normalized spacial score (nSPS) is 12.7. The number of carbonyl (C=O) groups is 1. The van der Waals surface area contributed by atoms with E-state index in [0.29, 0.717) is 16.5 Å². The highest BCUT2D eigenvalue weighted by molar-refractivity contribution is 7.21. The van der Waals surface area contributed by atoms with E-state index in [-0.39, 0.29) is 11.9 Å². The Balaban J connectivity index is 2.42. The van der Waals surface area contributed by atoms with Gasteiger partial charge in [-0.1, -0.05) is 13.8 Å². The number of ether oxygens (including phenoxy) is 1. The van der Waals surface area contributed by atoms with Gasteiger partial charge in [0.05, 0.1) is 12.8 Å². The molecule has 1 unspecified atom stereocenters. The van der Waals surface area contributed by atoms with E-state index in [4.69, 9.17) is 10.5 Å². The zero-order valence-corrected chi connectivity index (χ0v) is 14.0. The number of hydrogen-bond donors (Lipinski definition) is 1. The minimum absolute atomic E-state index is 0.0196. The minimum atomic E-state index is -0.0196. The van der Waals surface area contributed by atoms with Crippen LogP contribution in [-0.2, 0) is 0 Å². The van der Waals surface area contributed by atoms with Gasteiger partial charge in [0.1, 0.15) is 10.6 Å². The molecule has 0 saturated carbocycles. The van der Waals surface area contributed by atoms with Gasteiger partial charge in [-0.05, 0) is 31.0 Å². The van der Waals surface area contributed by atoms with Crippen molar-refractivity contribution in [2.75, 3.05) is 19.9 Å². The van der Waals surface area contributed by atoms with Gasteiger partial charge in [0.15, 0.2) is 0 Å². The number of nitrogen functional groups attached to an aromatic ring is 1. The fourth-order valence-electron chi connectivity index (χ4n) is 2.18. The lowest BCUT2D eigenvalue weighted by molar-refractivity contribution is 0.0713. The first-order chi connectivity index (χ1) is 9.86. The zero-order chi connectivity index (χ0) is 15.7. The van der Waals surface area contributed by atoms with Gasteiger partial charge < -0.3 is 15.4 Å². The van der Waals surface area contributed by atoms with Crippen molar-refractivity contribution in [3.05, 3.63) is 23.1 Å². The average Bonchev–Trinajstić information content (AvgIpc) is 2.81. The first-order valence-corrected chi connectivity index (χ1v) is 7.81. The van der Waals surface area contributed by atoms with Crippen LogP contribution in [0.4, 0.5) is 5.69 Å². The quantitative estimate of drug-likeness (QED) is 0.939. The van der Waals surface area contributed by atoms with Gasteiger partial charge in [-0.3, -0.25) is 4.79 Å². The number of thiophene rings is 1. The van der Waals surface area contributed by atoms with Crippen LogP contribution in [-0.4, -0.2) is 31.0 Å². The van der Waals surface area contributed by atoms with Crippen molar-refractivity contribution < 1.29 is 9.53 Å². The summed E-state index contributed by atoms with van der Waals surface area (Å²) in [6.07, 6.45) is 0. The highest BCUT2D eigenvalue weighted by Crippen LogP contribution is 2.36. The molecular weight excluding hydrogens is 284 g/mol. The van der Waals surface area contributed by atoms with Gasteiger partial charge in [-0.2, -0.15) is 0 Å². The number of nitrogens with zero attached hydrogens (tertiary/aromatic N) is 1. The van der Waals surface area contributed by atoms with Crippen molar-refractivity contribution in [1.82, 2.24) is 4.90 Å². The van der Waals surface area contributed by atoms with E-state index in [1.807, 2.05) is 25.2 Å². The number of rotatable bonds is 4. The van der Waals surface area contributed by atoms with Crippen LogP contribution in [0, 0.1) is 5.92 Å². The Labute approximate surface area is 129 Å². The highest BCUT2D eigenvalue weighted by Gasteiger charge is 2.24. The smallest absolute Gasteiger partial charge is 0.266 e. The second kappa shape index (κ2) is 5.93. The molecule has 1 aromatic heterocycles. The molecule has 0 saturated heterocycles. The van der Waals surface area contributed by atoms with Gasteiger partial charge in [-0.25, -0.2) is 0 Å². The maximum Gasteiger partial charge on any atom is 0.266 e. The zero-order valence-electron chi connectivity index (χ0n) is 13.1. The summed E-state index contributed by atoms with van der Waals surface area (Å²) in [5.74, 6) is 1.15. The number of amides is 1. The van der Waals surface area contributed by atoms with Crippen LogP contribution in [0.25, 0.3) is 10.1 Å². The minimum Gasteiger partial charge on any atom is -0.497 e. The predicted molar refractivity (Wildman–Crippen MR) is 89.2 cm³/mol. The summed E-state index contributed by atoms with van der Waals surface area (Å²) < 4.78 is 6.19. The van der Waals surface area contributed by atoms with Gasteiger partial charge in [0.25, 0.3) is 5.91 Å². The molecule has 0 aliphatic heterocycles. The van der Waals surface area contributed by atoms with Crippen LogP contribution in [0.1, 0.15) is 30.4 Å². The van der Waals surface area contributed by atoms with Gasteiger partial charge in [-0.15, -0.1) is 11.3 Å². The lowest BCUT2D eigenvalue weighted by Gasteiger charge is -2.27. The Hall–Kier alpha value is -1.75. The standard InChI is InChI=1S/C16H22N2O2S/c1-9(2)10(3)18(4)16(19)15-14(17)12-7-6-11(20-5)8-13(12)21-15/h6-10H,17H2,1-5H3. The van der Waals surface area contributed by atoms with Crippen LogP contribution >= 0.6 is 11.3 Å². The fraction of sp³-hybridized carbons (Fsp3) is 0.438. The molecule has 0 aliphatic carbocycles. The van der Waals surface area contributed by atoms with E-state index in [1.165, 1.54) is 11.3 Å². The third-order valence-corrected chi connectivity index (χ3v) is 5.18. The van der Waals surface area contributed by atoms with Crippen LogP contribution in [0.3, 0.4) is 0 Å². The Morgan fingerprint density at radius 1 is 1.33 bits per heavy atom. The molecule has 0 radical (unpaired) electrons. The topological polar surface area (TPSA) is 55.6 Å². The summed E-state index contributed by atoms with van der Waals surface area (Å²) in [5, 5.41) is 0.912. The molecule has 2 N–H and O–H groups in total. The maximum absolute atomic E-state index is 12.7. The summed E-state index contributed by atoms with van der Waals surface area (Å²) in [6.45, 7) is 6.26. The number of carbonyl (C=O) groups excluding carboxylic acids is 1. The highest BCUT2D eigenvalue weighted by atomic mass is 32.1. The van der Waals surface area contributed by atoms with Crippen molar-refractivity contribution in [3.8, 4) is 5.75 Å². The number of anilines is 1. The largest absolute Gasteiger partial charge is 0.497 e. The molecule has 0 spiro atoms. The summed E-state index contributed by atoms with van der Waals surface area (Å²) in [6, 6.07) is 5.85. The molecule has 1 aromatic carbocycles. The number of fused-ring (bicyclic) bond motifs is 1. The van der Waals surface area contributed by atoms with Gasteiger partial charge >= 0.3 is 0 Å². The molecule has 4 nitrogen and oxygen atoms in total. The SMILES string of the molecule is COc1ccc2c(N)c(C(=O)N(C)C(C)C(C)C)sc2c1. The van der Waals surface area contributed by atoms with Crippen molar-refractivity contribution in [3.63, 3.8) is 0 Å².